The zero-order chi connectivity index (χ0) is 17.3. The molecular weight excluding hydrogens is 324 g/mol. The third kappa shape index (κ3) is 6.26. The second-order valence-electron chi connectivity index (χ2n) is 5.61. The van der Waals surface area contributed by atoms with E-state index in [1.165, 1.54) is 12.1 Å². The van der Waals surface area contributed by atoms with Crippen LogP contribution in [-0.2, 0) is 26.0 Å². The summed E-state index contributed by atoms with van der Waals surface area (Å²) in [5.41, 5.74) is 1.11. The van der Waals surface area contributed by atoms with Crippen molar-refractivity contribution in [3.63, 3.8) is 0 Å². The van der Waals surface area contributed by atoms with E-state index in [1.807, 2.05) is 30.3 Å². The number of benzene rings is 2. The summed E-state index contributed by atoms with van der Waals surface area (Å²) in [5, 5.41) is 0. The van der Waals surface area contributed by atoms with Crippen molar-refractivity contribution in [3.05, 3.63) is 66.2 Å². The molecule has 0 bridgehead atoms. The van der Waals surface area contributed by atoms with Gasteiger partial charge in [-0.3, -0.25) is 4.79 Å². The van der Waals surface area contributed by atoms with Crippen molar-refractivity contribution >= 4 is 15.6 Å². The van der Waals surface area contributed by atoms with Gasteiger partial charge in [-0.15, -0.1) is 0 Å². The third-order valence-electron chi connectivity index (χ3n) is 3.56. The molecule has 0 aromatic heterocycles. The van der Waals surface area contributed by atoms with Crippen LogP contribution < -0.4 is 0 Å². The molecule has 0 radical (unpaired) electrons. The molecule has 0 fully saturated rings. The van der Waals surface area contributed by atoms with E-state index in [-0.39, 0.29) is 17.1 Å². The van der Waals surface area contributed by atoms with Crippen molar-refractivity contribution in [2.24, 2.45) is 0 Å². The zero-order valence-corrected chi connectivity index (χ0v) is 14.4. The van der Waals surface area contributed by atoms with Crippen molar-refractivity contribution in [1.82, 2.24) is 0 Å². The molecule has 0 N–H and O–H groups in total. The van der Waals surface area contributed by atoms with Crippen LogP contribution in [0.1, 0.15) is 24.8 Å². The summed E-state index contributed by atoms with van der Waals surface area (Å²) in [6, 6.07) is 18.0. The van der Waals surface area contributed by atoms with Crippen LogP contribution >= 0.6 is 0 Å². The molecule has 2 aromatic rings. The molecule has 0 heterocycles. The summed E-state index contributed by atoms with van der Waals surface area (Å²) >= 11 is 0. The SMILES string of the molecule is O=C(CCCCOCc1ccccc1)CS(=O)(=O)c1ccccc1. The first-order valence-electron chi connectivity index (χ1n) is 7.99. The van der Waals surface area contributed by atoms with Gasteiger partial charge in [0.15, 0.2) is 9.84 Å². The van der Waals surface area contributed by atoms with Gasteiger partial charge in [-0.2, -0.15) is 0 Å². The predicted octanol–water partition coefficient (Wildman–Crippen LogP) is 3.42. The lowest BCUT2D eigenvalue weighted by Crippen LogP contribution is -2.16. The average Bonchev–Trinajstić information content (AvgIpc) is 2.59. The second kappa shape index (κ2) is 9.35. The Labute approximate surface area is 143 Å². The van der Waals surface area contributed by atoms with Crippen LogP contribution in [-0.4, -0.2) is 26.6 Å². The van der Waals surface area contributed by atoms with Crippen LogP contribution in [0.25, 0.3) is 0 Å². The first-order chi connectivity index (χ1) is 11.6. The summed E-state index contributed by atoms with van der Waals surface area (Å²) in [6.07, 6.45) is 1.64. The standard InChI is InChI=1S/C19H22O4S/c20-18(16-24(21,22)19-12-5-2-6-13-19)11-7-8-14-23-15-17-9-3-1-4-10-17/h1-6,9-10,12-13H,7-8,11,14-16H2. The number of ether oxygens (including phenoxy) is 1. The molecule has 0 aliphatic rings. The Morgan fingerprint density at radius 1 is 0.875 bits per heavy atom. The molecule has 0 aliphatic carbocycles. The molecule has 0 amide bonds. The summed E-state index contributed by atoms with van der Waals surface area (Å²) in [4.78, 5) is 12.1. The lowest BCUT2D eigenvalue weighted by molar-refractivity contribution is -0.116. The van der Waals surface area contributed by atoms with E-state index >= 15 is 0 Å². The van der Waals surface area contributed by atoms with E-state index in [2.05, 4.69) is 0 Å². The maximum Gasteiger partial charge on any atom is 0.185 e. The van der Waals surface area contributed by atoms with E-state index in [0.717, 1.165) is 12.0 Å². The quantitative estimate of drug-likeness (QED) is 0.619. The van der Waals surface area contributed by atoms with E-state index < -0.39 is 15.6 Å². The van der Waals surface area contributed by atoms with E-state index in [1.54, 1.807) is 18.2 Å². The Balaban J connectivity index is 1.63. The van der Waals surface area contributed by atoms with Gasteiger partial charge in [0.1, 0.15) is 11.5 Å². The fourth-order valence-corrected chi connectivity index (χ4v) is 3.59. The molecule has 0 unspecified atom stereocenters. The lowest BCUT2D eigenvalue weighted by Gasteiger charge is -2.05. The largest absolute Gasteiger partial charge is 0.377 e. The molecule has 128 valence electrons. The van der Waals surface area contributed by atoms with Gasteiger partial charge in [0.25, 0.3) is 0 Å². The minimum Gasteiger partial charge on any atom is -0.377 e. The molecule has 5 heteroatoms. The van der Waals surface area contributed by atoms with Crippen LogP contribution in [0.4, 0.5) is 0 Å². The molecule has 2 rings (SSSR count). The third-order valence-corrected chi connectivity index (χ3v) is 5.25. The maximum atomic E-state index is 12.1. The van der Waals surface area contributed by atoms with Gasteiger partial charge < -0.3 is 4.74 Å². The molecule has 24 heavy (non-hydrogen) atoms. The molecule has 0 saturated carbocycles. The van der Waals surface area contributed by atoms with Crippen LogP contribution in [0, 0.1) is 0 Å². The van der Waals surface area contributed by atoms with Crippen molar-refractivity contribution in [3.8, 4) is 0 Å². The highest BCUT2D eigenvalue weighted by molar-refractivity contribution is 7.92. The highest BCUT2D eigenvalue weighted by atomic mass is 32.2. The number of carbonyl (C=O) groups is 1. The summed E-state index contributed by atoms with van der Waals surface area (Å²) < 4.78 is 29.7. The Hall–Kier alpha value is -1.98. The normalized spacial score (nSPS) is 11.3. The smallest absolute Gasteiger partial charge is 0.185 e. The Bertz CT molecular complexity index is 724. The lowest BCUT2D eigenvalue weighted by atomic mass is 10.2. The van der Waals surface area contributed by atoms with Gasteiger partial charge in [-0.05, 0) is 30.5 Å². The molecule has 0 spiro atoms. The van der Waals surface area contributed by atoms with Gasteiger partial charge in [-0.1, -0.05) is 48.5 Å². The topological polar surface area (TPSA) is 60.4 Å². The number of Topliss-reactive ketones (excluding diaryl/α,β-unsaturated/α-hetero) is 1. The minimum absolute atomic E-state index is 0.199. The van der Waals surface area contributed by atoms with Gasteiger partial charge >= 0.3 is 0 Å². The molecule has 0 atom stereocenters. The Morgan fingerprint density at radius 2 is 1.50 bits per heavy atom. The summed E-state index contributed by atoms with van der Waals surface area (Å²) in [7, 11) is -3.52. The first kappa shape index (κ1) is 18.4. The number of hydrogen-bond donors (Lipinski definition) is 0. The number of unbranched alkanes of at least 4 members (excludes halogenated alkanes) is 1. The van der Waals surface area contributed by atoms with Gasteiger partial charge in [0.2, 0.25) is 0 Å². The highest BCUT2D eigenvalue weighted by Gasteiger charge is 2.18. The van der Waals surface area contributed by atoms with Crippen molar-refractivity contribution in [2.75, 3.05) is 12.4 Å². The van der Waals surface area contributed by atoms with Gasteiger partial charge in [0, 0.05) is 13.0 Å². The van der Waals surface area contributed by atoms with E-state index in [9.17, 15) is 13.2 Å². The van der Waals surface area contributed by atoms with Crippen molar-refractivity contribution in [1.29, 1.82) is 0 Å². The number of rotatable bonds is 10. The summed E-state index contributed by atoms with van der Waals surface area (Å²) in [5.74, 6) is -0.677. The predicted molar refractivity (Wildman–Crippen MR) is 93.5 cm³/mol. The number of sulfone groups is 1. The molecule has 4 nitrogen and oxygen atoms in total. The highest BCUT2D eigenvalue weighted by Crippen LogP contribution is 2.11. The minimum atomic E-state index is -3.52. The molecule has 2 aromatic carbocycles. The molecule has 0 aliphatic heterocycles. The van der Waals surface area contributed by atoms with E-state index in [4.69, 9.17) is 4.74 Å². The maximum absolute atomic E-state index is 12.1. The van der Waals surface area contributed by atoms with Crippen molar-refractivity contribution in [2.45, 2.75) is 30.8 Å². The fraction of sp³-hybridized carbons (Fsp3) is 0.316. The monoisotopic (exact) mass is 346 g/mol. The van der Waals surface area contributed by atoms with Crippen LogP contribution in [0.2, 0.25) is 0 Å². The number of hydrogen-bond acceptors (Lipinski definition) is 4. The first-order valence-corrected chi connectivity index (χ1v) is 9.64. The average molecular weight is 346 g/mol. The second-order valence-corrected chi connectivity index (χ2v) is 7.60. The van der Waals surface area contributed by atoms with Gasteiger partial charge in [-0.25, -0.2) is 8.42 Å². The van der Waals surface area contributed by atoms with E-state index in [0.29, 0.717) is 19.6 Å². The van der Waals surface area contributed by atoms with Crippen LogP contribution in [0.3, 0.4) is 0 Å². The van der Waals surface area contributed by atoms with Crippen LogP contribution in [0.15, 0.2) is 65.6 Å². The molecular formula is C19H22O4S. The number of ketones is 1. The summed E-state index contributed by atoms with van der Waals surface area (Å²) in [6.45, 7) is 1.12. The molecule has 0 saturated heterocycles. The number of carbonyl (C=O) groups excluding carboxylic acids is 1. The Morgan fingerprint density at radius 3 is 2.17 bits per heavy atom. The Kier molecular flexibility index (Phi) is 7.15. The van der Waals surface area contributed by atoms with Gasteiger partial charge in [0.05, 0.1) is 11.5 Å². The van der Waals surface area contributed by atoms with Crippen molar-refractivity contribution < 1.29 is 17.9 Å². The van der Waals surface area contributed by atoms with Crippen LogP contribution in [0.5, 0.6) is 0 Å². The fourth-order valence-electron chi connectivity index (χ4n) is 2.29. The zero-order valence-electron chi connectivity index (χ0n) is 13.6.